The first kappa shape index (κ1) is 31.3. The second-order valence-electron chi connectivity index (χ2n) is 13.1. The molecule has 6 aromatic carbocycles. The number of benzene rings is 6. The van der Waals surface area contributed by atoms with Crippen LogP contribution < -0.4 is 0 Å². The number of rotatable bonds is 7. The summed E-state index contributed by atoms with van der Waals surface area (Å²) >= 11 is 0. The Morgan fingerprint density at radius 3 is 1.22 bits per heavy atom. The maximum atomic E-state index is 5.56. The largest absolute Gasteiger partial charge is 0.443 e. The Morgan fingerprint density at radius 1 is 0.315 bits per heavy atom. The lowest BCUT2D eigenvalue weighted by Gasteiger charge is -2.19. The van der Waals surface area contributed by atoms with Gasteiger partial charge in [-0.15, -0.1) is 0 Å². The van der Waals surface area contributed by atoms with Crippen molar-refractivity contribution in [3.8, 4) is 78.8 Å². The molecule has 0 saturated carbocycles. The Hall–Kier alpha value is -7.44. The summed E-state index contributed by atoms with van der Waals surface area (Å²) in [6, 6.07) is 51.6. The molecule has 0 amide bonds. The van der Waals surface area contributed by atoms with Crippen molar-refractivity contribution in [2.75, 3.05) is 0 Å². The highest BCUT2D eigenvalue weighted by atomic mass is 16.3. The number of aromatic nitrogens is 4. The third kappa shape index (κ3) is 5.63. The first-order chi connectivity index (χ1) is 26.8. The minimum atomic E-state index is 0.488. The minimum absolute atomic E-state index is 0.488. The second-order valence-corrected chi connectivity index (χ2v) is 13.1. The van der Waals surface area contributed by atoms with E-state index in [1.165, 1.54) is 11.1 Å². The third-order valence-corrected chi connectivity index (χ3v) is 9.91. The molecule has 0 radical (unpaired) electrons. The van der Waals surface area contributed by atoms with Gasteiger partial charge in [0.25, 0.3) is 0 Å². The standard InChI is InChI=1S/C48H30N4O2/c1-3-9-31(10-4-1)36-25-37(32-11-5-2-6-12-32)27-38(26-36)33-15-18-41-42(28-33)46(35-17-20-44(52-30-35)48-50-22-24-54-48)40-14-8-7-13-39(40)45(41)34-16-19-43(51-29-34)47-49-21-23-53-47/h1-30H. The van der Waals surface area contributed by atoms with Gasteiger partial charge in [-0.25, -0.2) is 9.97 Å². The molecule has 4 heterocycles. The highest BCUT2D eigenvalue weighted by Crippen LogP contribution is 2.45. The fourth-order valence-corrected chi connectivity index (χ4v) is 7.41. The number of hydrogen-bond acceptors (Lipinski definition) is 6. The van der Waals surface area contributed by atoms with Crippen molar-refractivity contribution in [3.63, 3.8) is 0 Å². The Bertz CT molecular complexity index is 2830. The average Bonchev–Trinajstić information content (AvgIpc) is 4.00. The highest BCUT2D eigenvalue weighted by Gasteiger charge is 2.19. The van der Waals surface area contributed by atoms with E-state index in [1.807, 2.05) is 24.5 Å². The van der Waals surface area contributed by atoms with Gasteiger partial charge in [0.1, 0.15) is 23.9 Å². The summed E-state index contributed by atoms with van der Waals surface area (Å²) in [6.07, 6.45) is 10.2. The second kappa shape index (κ2) is 13.3. The van der Waals surface area contributed by atoms with Crippen LogP contribution in [0.4, 0.5) is 0 Å². The molecule has 6 heteroatoms. The summed E-state index contributed by atoms with van der Waals surface area (Å²) in [4.78, 5) is 18.2. The zero-order valence-electron chi connectivity index (χ0n) is 28.9. The Labute approximate surface area is 311 Å². The zero-order valence-corrected chi connectivity index (χ0v) is 28.9. The van der Waals surface area contributed by atoms with Gasteiger partial charge in [0, 0.05) is 23.5 Å². The Kier molecular flexibility index (Phi) is 7.69. The number of hydrogen-bond donors (Lipinski definition) is 0. The van der Waals surface area contributed by atoms with Crippen LogP contribution in [0.5, 0.6) is 0 Å². The molecule has 54 heavy (non-hydrogen) atoms. The van der Waals surface area contributed by atoms with Crippen molar-refractivity contribution < 1.29 is 8.83 Å². The molecule has 4 aromatic heterocycles. The van der Waals surface area contributed by atoms with Gasteiger partial charge in [-0.2, -0.15) is 0 Å². The fourth-order valence-electron chi connectivity index (χ4n) is 7.41. The van der Waals surface area contributed by atoms with Crippen molar-refractivity contribution in [1.82, 2.24) is 19.9 Å². The van der Waals surface area contributed by atoms with E-state index in [4.69, 9.17) is 18.8 Å². The number of nitrogens with zero attached hydrogens (tertiary/aromatic N) is 4. The third-order valence-electron chi connectivity index (χ3n) is 9.91. The van der Waals surface area contributed by atoms with Gasteiger partial charge in [-0.05, 0) is 102 Å². The van der Waals surface area contributed by atoms with Crippen molar-refractivity contribution in [3.05, 3.63) is 183 Å². The van der Waals surface area contributed by atoms with Crippen LogP contribution in [0, 0.1) is 0 Å². The maximum absolute atomic E-state index is 5.56. The van der Waals surface area contributed by atoms with Crippen LogP contribution in [-0.4, -0.2) is 19.9 Å². The molecule has 0 aliphatic rings. The monoisotopic (exact) mass is 694 g/mol. The van der Waals surface area contributed by atoms with E-state index in [0.717, 1.165) is 66.1 Å². The zero-order chi connectivity index (χ0) is 35.8. The van der Waals surface area contributed by atoms with Crippen LogP contribution >= 0.6 is 0 Å². The van der Waals surface area contributed by atoms with Gasteiger partial charge in [0.15, 0.2) is 0 Å². The summed E-state index contributed by atoms with van der Waals surface area (Å²) in [5.74, 6) is 0.978. The lowest BCUT2D eigenvalue weighted by molar-refractivity contribution is 0.572. The van der Waals surface area contributed by atoms with Crippen LogP contribution in [0.1, 0.15) is 0 Å². The van der Waals surface area contributed by atoms with E-state index >= 15 is 0 Å². The molecule has 0 fully saturated rings. The van der Waals surface area contributed by atoms with Crippen LogP contribution in [0.25, 0.3) is 100 Å². The minimum Gasteiger partial charge on any atom is -0.443 e. The molecule has 0 bridgehead atoms. The van der Waals surface area contributed by atoms with Gasteiger partial charge in [-0.1, -0.05) is 109 Å². The first-order valence-corrected chi connectivity index (χ1v) is 17.7. The molecule has 0 saturated heterocycles. The Morgan fingerprint density at radius 2 is 0.759 bits per heavy atom. The summed E-state index contributed by atoms with van der Waals surface area (Å²) in [5, 5.41) is 4.45. The highest BCUT2D eigenvalue weighted by molar-refractivity contribution is 6.22. The van der Waals surface area contributed by atoms with E-state index in [-0.39, 0.29) is 0 Å². The molecule has 0 atom stereocenters. The lowest BCUT2D eigenvalue weighted by atomic mass is 9.85. The number of pyridine rings is 2. The molecule has 10 aromatic rings. The molecule has 6 nitrogen and oxygen atoms in total. The van der Waals surface area contributed by atoms with E-state index in [0.29, 0.717) is 23.2 Å². The lowest BCUT2D eigenvalue weighted by Crippen LogP contribution is -1.94. The van der Waals surface area contributed by atoms with Gasteiger partial charge in [-0.3, -0.25) is 9.97 Å². The van der Waals surface area contributed by atoms with Crippen molar-refractivity contribution >= 4 is 21.5 Å². The summed E-state index contributed by atoms with van der Waals surface area (Å²) < 4.78 is 11.1. The first-order valence-electron chi connectivity index (χ1n) is 17.7. The maximum Gasteiger partial charge on any atom is 0.244 e. The van der Waals surface area contributed by atoms with Crippen LogP contribution in [0.2, 0.25) is 0 Å². The molecule has 0 aliphatic carbocycles. The van der Waals surface area contributed by atoms with E-state index in [9.17, 15) is 0 Å². The van der Waals surface area contributed by atoms with Gasteiger partial charge < -0.3 is 8.83 Å². The van der Waals surface area contributed by atoms with E-state index in [2.05, 4.69) is 143 Å². The topological polar surface area (TPSA) is 77.8 Å². The molecule has 0 N–H and O–H groups in total. The SMILES string of the molecule is c1ccc(-c2cc(-c3ccccc3)cc(-c3ccc4c(-c5ccc(-c6ncco6)nc5)c5ccccc5c(-c5ccc(-c6ncco6)nc5)c4c3)c2)cc1. The van der Waals surface area contributed by atoms with Crippen molar-refractivity contribution in [2.24, 2.45) is 0 Å². The molecule has 10 rings (SSSR count). The normalized spacial score (nSPS) is 11.3. The van der Waals surface area contributed by atoms with Crippen LogP contribution in [-0.2, 0) is 0 Å². The summed E-state index contributed by atoms with van der Waals surface area (Å²) in [7, 11) is 0. The molecular weight excluding hydrogens is 665 g/mol. The van der Waals surface area contributed by atoms with Gasteiger partial charge in [0.2, 0.25) is 11.8 Å². The number of fused-ring (bicyclic) bond motifs is 2. The predicted octanol–water partition coefficient (Wildman–Crippen LogP) is 12.4. The molecule has 0 unspecified atom stereocenters. The summed E-state index contributed by atoms with van der Waals surface area (Å²) in [6.45, 7) is 0. The smallest absolute Gasteiger partial charge is 0.244 e. The summed E-state index contributed by atoms with van der Waals surface area (Å²) in [5.41, 5.74) is 12.5. The molecule has 0 spiro atoms. The van der Waals surface area contributed by atoms with Crippen LogP contribution in [0.15, 0.2) is 192 Å². The van der Waals surface area contributed by atoms with E-state index in [1.54, 1.807) is 24.9 Å². The number of oxazole rings is 2. The molecule has 254 valence electrons. The van der Waals surface area contributed by atoms with E-state index < -0.39 is 0 Å². The van der Waals surface area contributed by atoms with Gasteiger partial charge in [0.05, 0.1) is 12.4 Å². The molecular formula is C48H30N4O2. The predicted molar refractivity (Wildman–Crippen MR) is 215 cm³/mol. The van der Waals surface area contributed by atoms with Gasteiger partial charge >= 0.3 is 0 Å². The fraction of sp³-hybridized carbons (Fsp3) is 0. The molecule has 0 aliphatic heterocycles. The van der Waals surface area contributed by atoms with Crippen molar-refractivity contribution in [2.45, 2.75) is 0 Å². The van der Waals surface area contributed by atoms with Crippen molar-refractivity contribution in [1.29, 1.82) is 0 Å². The average molecular weight is 695 g/mol. The quantitative estimate of drug-likeness (QED) is 0.155. The van der Waals surface area contributed by atoms with Crippen LogP contribution in [0.3, 0.4) is 0 Å². The Balaban J connectivity index is 1.23.